The minimum atomic E-state index is -5.08. The van der Waals surface area contributed by atoms with Crippen LogP contribution in [-0.2, 0) is 4.79 Å². The van der Waals surface area contributed by atoms with Gasteiger partial charge in [0.15, 0.2) is 0 Å². The molecule has 4 rings (SSSR count). The Morgan fingerprint density at radius 1 is 1.24 bits per heavy atom. The molecule has 0 spiro atoms. The zero-order chi connectivity index (χ0) is 24.2. The molecule has 3 aromatic heterocycles. The summed E-state index contributed by atoms with van der Waals surface area (Å²) in [6.07, 6.45) is 0.959. The zero-order valence-electron chi connectivity index (χ0n) is 17.0. The van der Waals surface area contributed by atoms with Crippen LogP contribution in [0.1, 0.15) is 36.2 Å². The molecule has 5 N–H and O–H groups in total. The van der Waals surface area contributed by atoms with Crippen LogP contribution in [0.5, 0.6) is 0 Å². The van der Waals surface area contributed by atoms with Crippen LogP contribution in [0, 0.1) is 0 Å². The molecule has 1 saturated carbocycles. The number of carbonyl (C=O) groups is 2. The minimum Gasteiger partial charge on any atom is -0.475 e. The quantitative estimate of drug-likeness (QED) is 0.385. The maximum Gasteiger partial charge on any atom is 0.490 e. The van der Waals surface area contributed by atoms with E-state index in [1.54, 1.807) is 16.8 Å². The molecule has 1 fully saturated rings. The van der Waals surface area contributed by atoms with Crippen LogP contribution < -0.4 is 16.4 Å². The molecule has 3 aromatic rings. The number of nitrogens with zero attached hydrogens (tertiary/aromatic N) is 3. The van der Waals surface area contributed by atoms with Gasteiger partial charge in [-0.25, -0.2) is 14.3 Å². The zero-order valence-corrected chi connectivity index (χ0v) is 19.4. The third kappa shape index (κ3) is 6.42. The highest BCUT2D eigenvalue weighted by Gasteiger charge is 2.38. The molecule has 3 heterocycles. The van der Waals surface area contributed by atoms with Gasteiger partial charge in [0.2, 0.25) is 5.95 Å². The molecule has 2 atom stereocenters. The normalized spacial score (nSPS) is 18.3. The van der Waals surface area contributed by atoms with Crippen molar-refractivity contribution in [1.29, 1.82) is 0 Å². The molecule has 33 heavy (non-hydrogen) atoms. The molecule has 1 aliphatic carbocycles. The van der Waals surface area contributed by atoms with E-state index in [0.717, 1.165) is 34.3 Å². The summed E-state index contributed by atoms with van der Waals surface area (Å²) in [6, 6.07) is 5.69. The van der Waals surface area contributed by atoms with E-state index in [2.05, 4.69) is 36.6 Å². The molecule has 1 amide bonds. The SMILES string of the molecule is N[C@H]1CCCC[C@H]1Nc1ncc2ccc(C(=O)Nc3ccsc3Br)n2n1.O=C(O)C(F)(F)F. The van der Waals surface area contributed by atoms with Crippen LogP contribution in [0.4, 0.5) is 24.8 Å². The Hall–Kier alpha value is -2.71. The fourth-order valence-corrected chi connectivity index (χ4v) is 4.34. The number of alkyl halides is 3. The first kappa shape index (κ1) is 24.9. The molecule has 0 aromatic carbocycles. The van der Waals surface area contributed by atoms with Crippen molar-refractivity contribution in [3.05, 3.63) is 39.3 Å². The van der Waals surface area contributed by atoms with Crippen molar-refractivity contribution in [3.8, 4) is 0 Å². The molecule has 1 aliphatic rings. The third-order valence-corrected chi connectivity index (χ3v) is 6.56. The molecule has 0 unspecified atom stereocenters. The number of aliphatic carboxylic acids is 1. The minimum absolute atomic E-state index is 0.103. The number of thiophene rings is 1. The van der Waals surface area contributed by atoms with Gasteiger partial charge in [0, 0.05) is 12.1 Å². The fourth-order valence-electron chi connectivity index (χ4n) is 3.21. The summed E-state index contributed by atoms with van der Waals surface area (Å²) in [5.74, 6) is -2.49. The molecule has 9 nitrogen and oxygen atoms in total. The largest absolute Gasteiger partial charge is 0.490 e. The van der Waals surface area contributed by atoms with E-state index in [1.807, 2.05) is 17.5 Å². The van der Waals surface area contributed by atoms with E-state index in [4.69, 9.17) is 15.6 Å². The van der Waals surface area contributed by atoms with Crippen LogP contribution in [0.3, 0.4) is 0 Å². The van der Waals surface area contributed by atoms with Crippen molar-refractivity contribution in [1.82, 2.24) is 14.6 Å². The van der Waals surface area contributed by atoms with E-state index in [-0.39, 0.29) is 18.0 Å². The molecular weight excluding hydrogens is 529 g/mol. The lowest BCUT2D eigenvalue weighted by Crippen LogP contribution is -2.43. The summed E-state index contributed by atoms with van der Waals surface area (Å²) in [5.41, 5.74) is 8.16. The van der Waals surface area contributed by atoms with Gasteiger partial charge in [-0.15, -0.1) is 16.4 Å². The Kier molecular flexibility index (Phi) is 7.92. The van der Waals surface area contributed by atoms with Crippen molar-refractivity contribution in [2.24, 2.45) is 5.73 Å². The monoisotopic (exact) mass is 548 g/mol. The summed E-state index contributed by atoms with van der Waals surface area (Å²) in [4.78, 5) is 25.9. The standard InChI is InChI=1S/C17H19BrN6OS.C2HF3O2/c18-15-13(7-8-26-15)21-16(25)14-6-5-10-9-20-17(23-24(10)14)22-12-4-2-1-3-11(12)19;3-2(4,5)1(6)7/h5-9,11-12H,1-4,19H2,(H,21,25)(H,22,23);(H,6,7)/t11-,12+;/m0./s1. The number of hydrogen-bond acceptors (Lipinski definition) is 7. The molecule has 0 bridgehead atoms. The predicted molar refractivity (Wildman–Crippen MR) is 121 cm³/mol. The second-order valence-electron chi connectivity index (χ2n) is 7.20. The Balaban J connectivity index is 0.000000383. The summed E-state index contributed by atoms with van der Waals surface area (Å²) >= 11 is 4.95. The number of carboxylic acid groups (broad SMARTS) is 1. The van der Waals surface area contributed by atoms with Crippen LogP contribution in [-0.4, -0.2) is 49.8 Å². The van der Waals surface area contributed by atoms with Crippen LogP contribution in [0.25, 0.3) is 5.52 Å². The van der Waals surface area contributed by atoms with E-state index in [9.17, 15) is 18.0 Å². The van der Waals surface area contributed by atoms with Gasteiger partial charge in [-0.05, 0) is 52.4 Å². The Bertz CT molecular complexity index is 1140. The van der Waals surface area contributed by atoms with Crippen molar-refractivity contribution in [2.45, 2.75) is 43.9 Å². The van der Waals surface area contributed by atoms with E-state index < -0.39 is 12.1 Å². The highest BCUT2D eigenvalue weighted by Crippen LogP contribution is 2.28. The maximum atomic E-state index is 12.6. The second-order valence-corrected chi connectivity index (χ2v) is 9.44. The summed E-state index contributed by atoms with van der Waals surface area (Å²) < 4.78 is 34.2. The highest BCUT2D eigenvalue weighted by molar-refractivity contribution is 9.11. The van der Waals surface area contributed by atoms with Gasteiger partial charge < -0.3 is 21.5 Å². The lowest BCUT2D eigenvalue weighted by atomic mass is 9.91. The average Bonchev–Trinajstić information content (AvgIpc) is 3.35. The van der Waals surface area contributed by atoms with Gasteiger partial charge in [-0.1, -0.05) is 12.8 Å². The number of nitrogens with two attached hydrogens (primary N) is 1. The van der Waals surface area contributed by atoms with Crippen molar-refractivity contribution >= 4 is 56.3 Å². The van der Waals surface area contributed by atoms with E-state index >= 15 is 0 Å². The summed E-state index contributed by atoms with van der Waals surface area (Å²) in [6.45, 7) is 0. The number of anilines is 2. The fraction of sp³-hybridized carbons (Fsp3) is 0.368. The van der Waals surface area contributed by atoms with Crippen molar-refractivity contribution < 1.29 is 27.9 Å². The van der Waals surface area contributed by atoms with Crippen LogP contribution in [0.2, 0.25) is 0 Å². The van der Waals surface area contributed by atoms with Crippen LogP contribution >= 0.6 is 27.3 Å². The van der Waals surface area contributed by atoms with Gasteiger partial charge in [-0.2, -0.15) is 13.2 Å². The molecule has 0 radical (unpaired) electrons. The number of carbonyl (C=O) groups excluding carboxylic acids is 1. The number of fused-ring (bicyclic) bond motifs is 1. The third-order valence-electron chi connectivity index (χ3n) is 4.87. The van der Waals surface area contributed by atoms with Gasteiger partial charge in [0.05, 0.1) is 21.2 Å². The second kappa shape index (κ2) is 10.5. The number of nitrogens with one attached hydrogen (secondary N) is 2. The average molecular weight is 549 g/mol. The number of hydrogen-bond donors (Lipinski definition) is 4. The molecule has 0 aliphatic heterocycles. The molecular formula is C19H20BrF3N6O3S. The lowest BCUT2D eigenvalue weighted by molar-refractivity contribution is -0.192. The Labute approximate surface area is 198 Å². The van der Waals surface area contributed by atoms with Gasteiger partial charge in [0.25, 0.3) is 5.91 Å². The number of halogens is 4. The summed E-state index contributed by atoms with van der Waals surface area (Å²) in [7, 11) is 0. The van der Waals surface area contributed by atoms with Gasteiger partial charge >= 0.3 is 12.1 Å². The smallest absolute Gasteiger partial charge is 0.475 e. The van der Waals surface area contributed by atoms with Crippen LogP contribution in [0.15, 0.2) is 33.6 Å². The number of rotatable bonds is 4. The predicted octanol–water partition coefficient (Wildman–Crippen LogP) is 4.12. The first-order valence-corrected chi connectivity index (χ1v) is 11.4. The van der Waals surface area contributed by atoms with E-state index in [0.29, 0.717) is 11.6 Å². The lowest BCUT2D eigenvalue weighted by Gasteiger charge is -2.29. The molecule has 178 valence electrons. The molecule has 14 heteroatoms. The Morgan fingerprint density at radius 3 is 2.55 bits per heavy atom. The van der Waals surface area contributed by atoms with E-state index in [1.165, 1.54) is 17.8 Å². The number of carboxylic acids is 1. The molecule has 0 saturated heterocycles. The highest BCUT2D eigenvalue weighted by atomic mass is 79.9. The van der Waals surface area contributed by atoms with Gasteiger partial charge in [0.1, 0.15) is 5.69 Å². The van der Waals surface area contributed by atoms with Gasteiger partial charge in [-0.3, -0.25) is 4.79 Å². The number of aromatic nitrogens is 3. The topological polar surface area (TPSA) is 135 Å². The van der Waals surface area contributed by atoms with Crippen molar-refractivity contribution in [2.75, 3.05) is 10.6 Å². The first-order valence-electron chi connectivity index (χ1n) is 9.77. The Morgan fingerprint density at radius 2 is 1.94 bits per heavy atom. The summed E-state index contributed by atoms with van der Waals surface area (Å²) in [5, 5.41) is 19.8. The first-order chi connectivity index (χ1) is 15.6. The number of amides is 1. The maximum absolute atomic E-state index is 12.6. The van der Waals surface area contributed by atoms with Crippen molar-refractivity contribution in [3.63, 3.8) is 0 Å².